The maximum atomic E-state index is 6.01. The molecule has 1 unspecified atom stereocenters. The Morgan fingerprint density at radius 3 is 2.40 bits per heavy atom. The molecule has 106 valence electrons. The zero-order valence-corrected chi connectivity index (χ0v) is 15.1. The van der Waals surface area contributed by atoms with Crippen molar-refractivity contribution < 1.29 is 0 Å². The number of hydrogen-bond acceptors (Lipinski definition) is 1. The first-order chi connectivity index (χ1) is 9.60. The second kappa shape index (κ2) is 7.60. The van der Waals surface area contributed by atoms with Crippen molar-refractivity contribution in [2.24, 2.45) is 0 Å². The molecule has 2 aromatic rings. The first-order valence-corrected chi connectivity index (χ1v) is 8.49. The molecule has 0 fully saturated rings. The van der Waals surface area contributed by atoms with Crippen LogP contribution in [0.5, 0.6) is 0 Å². The van der Waals surface area contributed by atoms with Crippen LogP contribution in [0.3, 0.4) is 0 Å². The number of hydrogen-bond donors (Lipinski definition) is 1. The normalized spacial score (nSPS) is 12.4. The number of halogens is 3. The van der Waals surface area contributed by atoms with Crippen molar-refractivity contribution in [1.29, 1.82) is 0 Å². The van der Waals surface area contributed by atoms with E-state index in [0.29, 0.717) is 6.04 Å². The number of benzene rings is 2. The van der Waals surface area contributed by atoms with Gasteiger partial charge in [0, 0.05) is 21.5 Å². The van der Waals surface area contributed by atoms with Crippen LogP contribution >= 0.6 is 43.5 Å². The molecule has 4 heteroatoms. The molecule has 0 saturated heterocycles. The summed E-state index contributed by atoms with van der Waals surface area (Å²) < 4.78 is 2.05. The van der Waals surface area contributed by atoms with Crippen LogP contribution < -0.4 is 5.32 Å². The predicted octanol–water partition coefficient (Wildman–Crippen LogP) is 6.11. The standard InChI is InChI=1S/C16H16Br2ClN/c1-2-16(12-4-6-13(17)7-5-12)20-10-11-3-8-15(19)14(18)9-11/h3-9,16,20H,2,10H2,1H3. The van der Waals surface area contributed by atoms with Gasteiger partial charge in [-0.15, -0.1) is 0 Å². The molecule has 0 amide bonds. The van der Waals surface area contributed by atoms with Gasteiger partial charge in [0.15, 0.2) is 0 Å². The van der Waals surface area contributed by atoms with E-state index < -0.39 is 0 Å². The van der Waals surface area contributed by atoms with Crippen LogP contribution in [0.1, 0.15) is 30.5 Å². The average molecular weight is 418 g/mol. The fraction of sp³-hybridized carbons (Fsp3) is 0.250. The lowest BCUT2D eigenvalue weighted by atomic mass is 10.0. The summed E-state index contributed by atoms with van der Waals surface area (Å²) in [6.45, 7) is 3.02. The van der Waals surface area contributed by atoms with Gasteiger partial charge in [0.25, 0.3) is 0 Å². The first-order valence-electron chi connectivity index (χ1n) is 6.53. The van der Waals surface area contributed by atoms with E-state index in [9.17, 15) is 0 Å². The smallest absolute Gasteiger partial charge is 0.0548 e. The topological polar surface area (TPSA) is 12.0 Å². The Morgan fingerprint density at radius 2 is 1.80 bits per heavy atom. The Balaban J connectivity index is 2.03. The van der Waals surface area contributed by atoms with Gasteiger partial charge in [0.05, 0.1) is 5.02 Å². The van der Waals surface area contributed by atoms with Crippen LogP contribution in [0, 0.1) is 0 Å². The average Bonchev–Trinajstić information content (AvgIpc) is 2.45. The zero-order valence-electron chi connectivity index (χ0n) is 11.2. The Kier molecular flexibility index (Phi) is 6.09. The van der Waals surface area contributed by atoms with E-state index in [0.717, 1.165) is 26.9 Å². The molecule has 0 saturated carbocycles. The van der Waals surface area contributed by atoms with E-state index in [1.807, 2.05) is 12.1 Å². The van der Waals surface area contributed by atoms with Crippen LogP contribution in [0.4, 0.5) is 0 Å². The highest BCUT2D eigenvalue weighted by atomic mass is 79.9. The summed E-state index contributed by atoms with van der Waals surface area (Å²) in [5, 5.41) is 4.33. The molecule has 0 aliphatic carbocycles. The summed E-state index contributed by atoms with van der Waals surface area (Å²) in [5.41, 5.74) is 2.53. The summed E-state index contributed by atoms with van der Waals surface area (Å²) >= 11 is 12.9. The largest absolute Gasteiger partial charge is 0.306 e. The van der Waals surface area contributed by atoms with Crippen molar-refractivity contribution in [3.8, 4) is 0 Å². The molecule has 0 radical (unpaired) electrons. The van der Waals surface area contributed by atoms with Gasteiger partial charge >= 0.3 is 0 Å². The Labute approximate surface area is 142 Å². The predicted molar refractivity (Wildman–Crippen MR) is 93.2 cm³/mol. The molecule has 2 rings (SSSR count). The van der Waals surface area contributed by atoms with Crippen molar-refractivity contribution in [2.45, 2.75) is 25.9 Å². The van der Waals surface area contributed by atoms with Crippen molar-refractivity contribution in [2.75, 3.05) is 0 Å². The van der Waals surface area contributed by atoms with E-state index in [4.69, 9.17) is 11.6 Å². The van der Waals surface area contributed by atoms with Gasteiger partial charge < -0.3 is 5.32 Å². The summed E-state index contributed by atoms with van der Waals surface area (Å²) in [6.07, 6.45) is 1.05. The molecule has 1 atom stereocenters. The summed E-state index contributed by atoms with van der Waals surface area (Å²) in [6, 6.07) is 14.9. The van der Waals surface area contributed by atoms with Gasteiger partial charge in [0.2, 0.25) is 0 Å². The van der Waals surface area contributed by atoms with Gasteiger partial charge in [-0.2, -0.15) is 0 Å². The maximum absolute atomic E-state index is 6.01. The Bertz CT molecular complexity index is 569. The van der Waals surface area contributed by atoms with Crippen LogP contribution in [0.25, 0.3) is 0 Å². The lowest BCUT2D eigenvalue weighted by molar-refractivity contribution is 0.519. The zero-order chi connectivity index (χ0) is 14.5. The summed E-state index contributed by atoms with van der Waals surface area (Å²) in [5.74, 6) is 0. The monoisotopic (exact) mass is 415 g/mol. The van der Waals surface area contributed by atoms with E-state index in [1.54, 1.807) is 0 Å². The van der Waals surface area contributed by atoms with Gasteiger partial charge in [-0.25, -0.2) is 0 Å². The van der Waals surface area contributed by atoms with E-state index in [1.165, 1.54) is 11.1 Å². The van der Waals surface area contributed by atoms with Crippen LogP contribution in [-0.2, 0) is 6.54 Å². The van der Waals surface area contributed by atoms with E-state index in [-0.39, 0.29) is 0 Å². The molecular formula is C16H16Br2ClN. The second-order valence-corrected chi connectivity index (χ2v) is 6.82. The van der Waals surface area contributed by atoms with Crippen molar-refractivity contribution in [1.82, 2.24) is 5.32 Å². The first kappa shape index (κ1) is 16.0. The van der Waals surface area contributed by atoms with Gasteiger partial charge in [-0.05, 0) is 57.7 Å². The quantitative estimate of drug-likeness (QED) is 0.619. The Morgan fingerprint density at radius 1 is 1.10 bits per heavy atom. The molecule has 0 heterocycles. The molecule has 0 spiro atoms. The number of nitrogens with one attached hydrogen (secondary N) is 1. The fourth-order valence-electron chi connectivity index (χ4n) is 2.08. The van der Waals surface area contributed by atoms with Crippen LogP contribution in [0.15, 0.2) is 51.4 Å². The van der Waals surface area contributed by atoms with Crippen LogP contribution in [-0.4, -0.2) is 0 Å². The Hall–Kier alpha value is -0.350. The minimum absolute atomic E-state index is 0.359. The minimum Gasteiger partial charge on any atom is -0.306 e. The van der Waals surface area contributed by atoms with Gasteiger partial charge in [-0.3, -0.25) is 0 Å². The van der Waals surface area contributed by atoms with Gasteiger partial charge in [0.1, 0.15) is 0 Å². The third-order valence-electron chi connectivity index (χ3n) is 3.22. The van der Waals surface area contributed by atoms with Gasteiger partial charge in [-0.1, -0.05) is 52.7 Å². The third-order valence-corrected chi connectivity index (χ3v) is 4.96. The molecule has 0 aliphatic heterocycles. The van der Waals surface area contributed by atoms with E-state index in [2.05, 4.69) is 74.4 Å². The molecule has 2 aromatic carbocycles. The van der Waals surface area contributed by atoms with E-state index >= 15 is 0 Å². The molecule has 1 N–H and O–H groups in total. The molecular weight excluding hydrogens is 401 g/mol. The second-order valence-electron chi connectivity index (χ2n) is 4.64. The SMILES string of the molecule is CCC(NCc1ccc(Cl)c(Br)c1)c1ccc(Br)cc1. The minimum atomic E-state index is 0.359. The molecule has 20 heavy (non-hydrogen) atoms. The third kappa shape index (κ3) is 4.32. The maximum Gasteiger partial charge on any atom is 0.0548 e. The summed E-state index contributed by atoms with van der Waals surface area (Å²) in [4.78, 5) is 0. The highest BCUT2D eigenvalue weighted by molar-refractivity contribution is 9.10. The molecule has 0 aromatic heterocycles. The van der Waals surface area contributed by atoms with Crippen molar-refractivity contribution >= 4 is 43.5 Å². The molecule has 0 bridgehead atoms. The fourth-order valence-corrected chi connectivity index (χ4v) is 2.89. The lowest BCUT2D eigenvalue weighted by Gasteiger charge is -2.18. The highest BCUT2D eigenvalue weighted by Crippen LogP contribution is 2.24. The highest BCUT2D eigenvalue weighted by Gasteiger charge is 2.09. The molecule has 1 nitrogen and oxygen atoms in total. The summed E-state index contributed by atoms with van der Waals surface area (Å²) in [7, 11) is 0. The van der Waals surface area contributed by atoms with Crippen LogP contribution in [0.2, 0.25) is 5.02 Å². The number of rotatable bonds is 5. The van der Waals surface area contributed by atoms with Crippen molar-refractivity contribution in [3.05, 3.63) is 67.6 Å². The molecule has 0 aliphatic rings. The van der Waals surface area contributed by atoms with Crippen molar-refractivity contribution in [3.63, 3.8) is 0 Å². The lowest BCUT2D eigenvalue weighted by Crippen LogP contribution is -2.20.